The maximum atomic E-state index is 12.9. The van der Waals surface area contributed by atoms with Crippen molar-refractivity contribution in [2.75, 3.05) is 31.1 Å². The summed E-state index contributed by atoms with van der Waals surface area (Å²) in [4.78, 5) is 27.0. The Morgan fingerprint density at radius 3 is 2.35 bits per heavy atom. The van der Waals surface area contributed by atoms with Gasteiger partial charge >= 0.3 is 0 Å². The second kappa shape index (κ2) is 14.1. The van der Waals surface area contributed by atoms with Crippen molar-refractivity contribution in [2.24, 2.45) is 0 Å². The van der Waals surface area contributed by atoms with Crippen molar-refractivity contribution in [2.45, 2.75) is 91.4 Å². The van der Waals surface area contributed by atoms with Gasteiger partial charge in [0.25, 0.3) is 0 Å². The van der Waals surface area contributed by atoms with Crippen LogP contribution in [0.15, 0.2) is 30.3 Å². The van der Waals surface area contributed by atoms with Crippen LogP contribution in [0.4, 0.5) is 5.82 Å². The third kappa shape index (κ3) is 7.82. The van der Waals surface area contributed by atoms with Gasteiger partial charge in [0.15, 0.2) is 0 Å². The first-order chi connectivity index (χ1) is 16.6. The monoisotopic (exact) mass is 464 g/mol. The maximum absolute atomic E-state index is 12.9. The SMILES string of the molecule is CCCCCCCCCC(=O)N1CCCN(c2nc(C)nc(CC)c2Cc2ccccc2)CC1. The van der Waals surface area contributed by atoms with Gasteiger partial charge in [0, 0.05) is 50.3 Å². The molecule has 5 nitrogen and oxygen atoms in total. The van der Waals surface area contributed by atoms with Crippen molar-refractivity contribution in [3.8, 4) is 0 Å². The molecule has 1 aliphatic rings. The highest BCUT2D eigenvalue weighted by molar-refractivity contribution is 5.76. The van der Waals surface area contributed by atoms with Gasteiger partial charge in [0.2, 0.25) is 5.91 Å². The summed E-state index contributed by atoms with van der Waals surface area (Å²) in [6.07, 6.45) is 12.2. The van der Waals surface area contributed by atoms with Crippen LogP contribution in [0.25, 0.3) is 0 Å². The van der Waals surface area contributed by atoms with Crippen molar-refractivity contribution < 1.29 is 4.79 Å². The zero-order valence-electron chi connectivity index (χ0n) is 21.7. The molecule has 0 spiro atoms. The number of aromatic nitrogens is 2. The van der Waals surface area contributed by atoms with Gasteiger partial charge in [-0.05, 0) is 31.7 Å². The van der Waals surface area contributed by atoms with Crippen LogP contribution in [0, 0.1) is 6.92 Å². The number of anilines is 1. The molecule has 1 aromatic heterocycles. The fourth-order valence-corrected chi connectivity index (χ4v) is 4.94. The van der Waals surface area contributed by atoms with Crippen LogP contribution < -0.4 is 4.90 Å². The minimum absolute atomic E-state index is 0.327. The van der Waals surface area contributed by atoms with E-state index in [1.807, 2.05) is 6.92 Å². The topological polar surface area (TPSA) is 49.3 Å². The van der Waals surface area contributed by atoms with Crippen LogP contribution in [0.1, 0.15) is 94.3 Å². The molecule has 0 atom stereocenters. The molecule has 2 heterocycles. The van der Waals surface area contributed by atoms with Crippen molar-refractivity contribution in [3.63, 3.8) is 0 Å². The summed E-state index contributed by atoms with van der Waals surface area (Å²) in [6.45, 7) is 9.82. The van der Waals surface area contributed by atoms with E-state index < -0.39 is 0 Å². The summed E-state index contributed by atoms with van der Waals surface area (Å²) in [7, 11) is 0. The lowest BCUT2D eigenvalue weighted by molar-refractivity contribution is -0.131. The highest BCUT2D eigenvalue weighted by Gasteiger charge is 2.23. The highest BCUT2D eigenvalue weighted by Crippen LogP contribution is 2.26. The quantitative estimate of drug-likeness (QED) is 0.355. The number of hydrogen-bond donors (Lipinski definition) is 0. The van der Waals surface area contributed by atoms with Crippen molar-refractivity contribution in [1.29, 1.82) is 0 Å². The van der Waals surface area contributed by atoms with Crippen molar-refractivity contribution >= 4 is 11.7 Å². The molecule has 1 saturated heterocycles. The van der Waals surface area contributed by atoms with Crippen LogP contribution in [-0.2, 0) is 17.6 Å². The second-order valence-corrected chi connectivity index (χ2v) is 9.63. The fourth-order valence-electron chi connectivity index (χ4n) is 4.94. The van der Waals surface area contributed by atoms with Gasteiger partial charge in [-0.3, -0.25) is 4.79 Å². The summed E-state index contributed by atoms with van der Waals surface area (Å²) in [5.74, 6) is 2.22. The number of rotatable bonds is 12. The number of nitrogens with zero attached hydrogens (tertiary/aromatic N) is 4. The number of carbonyl (C=O) groups is 1. The van der Waals surface area contributed by atoms with Gasteiger partial charge in [-0.2, -0.15) is 0 Å². The van der Waals surface area contributed by atoms with Crippen LogP contribution in [0.3, 0.4) is 0 Å². The lowest BCUT2D eigenvalue weighted by Gasteiger charge is -2.26. The molecule has 3 rings (SSSR count). The third-order valence-electron chi connectivity index (χ3n) is 6.88. The van der Waals surface area contributed by atoms with Gasteiger partial charge in [0.1, 0.15) is 11.6 Å². The van der Waals surface area contributed by atoms with E-state index in [1.165, 1.54) is 49.7 Å². The maximum Gasteiger partial charge on any atom is 0.222 e. The minimum atomic E-state index is 0.327. The van der Waals surface area contributed by atoms with Crippen molar-refractivity contribution in [1.82, 2.24) is 14.9 Å². The van der Waals surface area contributed by atoms with Crippen LogP contribution in [-0.4, -0.2) is 47.0 Å². The van der Waals surface area contributed by atoms with Crippen LogP contribution >= 0.6 is 0 Å². The average molecular weight is 465 g/mol. The zero-order chi connectivity index (χ0) is 24.2. The first-order valence-corrected chi connectivity index (χ1v) is 13.5. The van der Waals surface area contributed by atoms with Crippen LogP contribution in [0.2, 0.25) is 0 Å². The normalized spacial score (nSPS) is 14.3. The number of benzene rings is 1. The Balaban J connectivity index is 1.61. The predicted octanol–water partition coefficient (Wildman–Crippen LogP) is 6.12. The molecule has 0 N–H and O–H groups in total. The Labute approximate surface area is 207 Å². The summed E-state index contributed by atoms with van der Waals surface area (Å²) in [5, 5.41) is 0. The molecule has 186 valence electrons. The van der Waals surface area contributed by atoms with Crippen LogP contribution in [0.5, 0.6) is 0 Å². The van der Waals surface area contributed by atoms with Gasteiger partial charge in [-0.25, -0.2) is 9.97 Å². The number of aryl methyl sites for hydroxylation is 2. The molecule has 1 fully saturated rings. The summed E-state index contributed by atoms with van der Waals surface area (Å²) in [5.41, 5.74) is 3.66. The number of amides is 1. The molecule has 0 saturated carbocycles. The first-order valence-electron chi connectivity index (χ1n) is 13.5. The van der Waals surface area contributed by atoms with E-state index in [-0.39, 0.29) is 0 Å². The lowest BCUT2D eigenvalue weighted by atomic mass is 10.0. The summed E-state index contributed by atoms with van der Waals surface area (Å²) in [6, 6.07) is 10.6. The molecule has 1 amide bonds. The van der Waals surface area contributed by atoms with Gasteiger partial charge in [-0.15, -0.1) is 0 Å². The molecule has 1 aromatic carbocycles. The Morgan fingerprint density at radius 1 is 0.882 bits per heavy atom. The van der Waals surface area contributed by atoms with E-state index in [2.05, 4.69) is 54.0 Å². The molecule has 0 aliphatic carbocycles. The smallest absolute Gasteiger partial charge is 0.222 e. The summed E-state index contributed by atoms with van der Waals surface area (Å²) >= 11 is 0. The van der Waals surface area contributed by atoms with Gasteiger partial charge in [-0.1, -0.05) is 82.7 Å². The molecule has 0 unspecified atom stereocenters. The first kappa shape index (κ1) is 26.2. The Morgan fingerprint density at radius 2 is 1.62 bits per heavy atom. The van der Waals surface area contributed by atoms with E-state index in [0.717, 1.165) is 69.2 Å². The lowest BCUT2D eigenvalue weighted by Crippen LogP contribution is -2.35. The predicted molar refractivity (Wildman–Crippen MR) is 141 cm³/mol. The van der Waals surface area contributed by atoms with Gasteiger partial charge in [0.05, 0.1) is 0 Å². The van der Waals surface area contributed by atoms with E-state index in [0.29, 0.717) is 12.3 Å². The number of carbonyl (C=O) groups excluding carboxylic acids is 1. The molecule has 1 aliphatic heterocycles. The Bertz CT molecular complexity index is 883. The number of hydrogen-bond acceptors (Lipinski definition) is 4. The van der Waals surface area contributed by atoms with E-state index >= 15 is 0 Å². The second-order valence-electron chi connectivity index (χ2n) is 9.63. The molecule has 0 bridgehead atoms. The molecular formula is C29H44N4O. The standard InChI is InChI=1S/C29H44N4O/c1-4-6-7-8-9-10-14-18-28(34)32-19-15-20-33(22-21-32)29-26(23-25-16-12-11-13-17-25)27(5-2)30-24(3)31-29/h11-13,16-17H,4-10,14-15,18-23H2,1-3H3. The highest BCUT2D eigenvalue weighted by atomic mass is 16.2. The minimum Gasteiger partial charge on any atom is -0.354 e. The molecule has 34 heavy (non-hydrogen) atoms. The molecule has 2 aromatic rings. The Hall–Kier alpha value is -2.43. The number of unbranched alkanes of at least 4 members (excludes halogenated alkanes) is 6. The van der Waals surface area contributed by atoms with E-state index in [9.17, 15) is 4.79 Å². The largest absolute Gasteiger partial charge is 0.354 e. The molecule has 0 radical (unpaired) electrons. The van der Waals surface area contributed by atoms with E-state index in [1.54, 1.807) is 0 Å². The average Bonchev–Trinajstić information content (AvgIpc) is 3.11. The Kier molecular flexibility index (Phi) is 10.8. The zero-order valence-corrected chi connectivity index (χ0v) is 21.7. The van der Waals surface area contributed by atoms with E-state index in [4.69, 9.17) is 9.97 Å². The summed E-state index contributed by atoms with van der Waals surface area (Å²) < 4.78 is 0. The molecular weight excluding hydrogens is 420 g/mol. The van der Waals surface area contributed by atoms with Gasteiger partial charge < -0.3 is 9.80 Å². The third-order valence-corrected chi connectivity index (χ3v) is 6.88. The molecule has 5 heteroatoms. The fraction of sp³-hybridized carbons (Fsp3) is 0.621. The van der Waals surface area contributed by atoms with Crippen molar-refractivity contribution in [3.05, 3.63) is 53.0 Å².